The van der Waals surface area contributed by atoms with Crippen LogP contribution in [0.3, 0.4) is 0 Å². The maximum absolute atomic E-state index is 12.0. The molecule has 0 radical (unpaired) electrons. The van der Waals surface area contributed by atoms with Gasteiger partial charge < -0.3 is 11.1 Å². The minimum Gasteiger partial charge on any atom is -0.399 e. The number of benzene rings is 1. The molecule has 0 aliphatic rings. The van der Waals surface area contributed by atoms with Crippen molar-refractivity contribution in [2.75, 3.05) is 11.1 Å². The summed E-state index contributed by atoms with van der Waals surface area (Å²) in [5, 5.41) is 2.78. The van der Waals surface area contributed by atoms with Crippen LogP contribution in [0.4, 0.5) is 11.4 Å². The maximum Gasteiger partial charge on any atom is 0.258 e. The van der Waals surface area contributed by atoms with Gasteiger partial charge in [0.25, 0.3) is 5.91 Å². The molecule has 1 aromatic heterocycles. The molecule has 0 aliphatic heterocycles. The highest BCUT2D eigenvalue weighted by Crippen LogP contribution is 2.31. The molecule has 2 rings (SSSR count). The van der Waals surface area contributed by atoms with Crippen LogP contribution < -0.4 is 11.1 Å². The monoisotopic (exact) mass is 300 g/mol. The third-order valence-electron chi connectivity index (χ3n) is 2.40. The SMILES string of the molecule is Cc1cc(N)ccc1NC(=O)c1cc(Cl)sc1Cl. The van der Waals surface area contributed by atoms with Gasteiger partial charge in [-0.05, 0) is 36.8 Å². The minimum atomic E-state index is -0.281. The Morgan fingerprint density at radius 1 is 1.33 bits per heavy atom. The average Bonchev–Trinajstić information content (AvgIpc) is 2.62. The molecule has 94 valence electrons. The first-order chi connectivity index (χ1) is 8.47. The molecule has 0 bridgehead atoms. The van der Waals surface area contributed by atoms with E-state index in [2.05, 4.69) is 5.32 Å². The van der Waals surface area contributed by atoms with Gasteiger partial charge in [0.2, 0.25) is 0 Å². The van der Waals surface area contributed by atoms with Gasteiger partial charge in [-0.25, -0.2) is 0 Å². The van der Waals surface area contributed by atoms with Crippen molar-refractivity contribution in [2.24, 2.45) is 0 Å². The molecule has 0 spiro atoms. The van der Waals surface area contributed by atoms with Gasteiger partial charge in [0.15, 0.2) is 0 Å². The van der Waals surface area contributed by atoms with Crippen molar-refractivity contribution >= 4 is 51.8 Å². The Balaban J connectivity index is 2.24. The molecule has 6 heteroatoms. The number of carbonyl (C=O) groups excluding carboxylic acids is 1. The summed E-state index contributed by atoms with van der Waals surface area (Å²) >= 11 is 12.9. The summed E-state index contributed by atoms with van der Waals surface area (Å²) in [6.07, 6.45) is 0. The average molecular weight is 301 g/mol. The Morgan fingerprint density at radius 2 is 2.06 bits per heavy atom. The van der Waals surface area contributed by atoms with Crippen molar-refractivity contribution in [3.05, 3.63) is 44.1 Å². The molecular weight excluding hydrogens is 291 g/mol. The van der Waals surface area contributed by atoms with Crippen LogP contribution in [0.1, 0.15) is 15.9 Å². The van der Waals surface area contributed by atoms with Gasteiger partial charge in [-0.2, -0.15) is 0 Å². The quantitative estimate of drug-likeness (QED) is 0.817. The molecule has 1 amide bonds. The van der Waals surface area contributed by atoms with E-state index < -0.39 is 0 Å². The third kappa shape index (κ3) is 2.77. The first kappa shape index (κ1) is 13.2. The van der Waals surface area contributed by atoms with Crippen molar-refractivity contribution in [3.8, 4) is 0 Å². The predicted octanol–water partition coefficient (Wildman–Crippen LogP) is 4.20. The fourth-order valence-electron chi connectivity index (χ4n) is 1.51. The second-order valence-electron chi connectivity index (χ2n) is 3.77. The summed E-state index contributed by atoms with van der Waals surface area (Å²) < 4.78 is 0.866. The predicted molar refractivity (Wildman–Crippen MR) is 77.9 cm³/mol. The lowest BCUT2D eigenvalue weighted by atomic mass is 10.1. The Morgan fingerprint density at radius 3 is 2.61 bits per heavy atom. The van der Waals surface area contributed by atoms with Crippen molar-refractivity contribution in [2.45, 2.75) is 6.92 Å². The van der Waals surface area contributed by atoms with Gasteiger partial charge >= 0.3 is 0 Å². The summed E-state index contributed by atoms with van der Waals surface area (Å²) in [6, 6.07) is 6.82. The molecule has 18 heavy (non-hydrogen) atoms. The van der Waals surface area contributed by atoms with E-state index >= 15 is 0 Å². The van der Waals surface area contributed by atoms with Crippen LogP contribution in [0, 0.1) is 6.92 Å². The lowest BCUT2D eigenvalue weighted by Crippen LogP contribution is -2.12. The fourth-order valence-corrected chi connectivity index (χ4v) is 2.97. The number of rotatable bonds is 2. The Kier molecular flexibility index (Phi) is 3.80. The van der Waals surface area contributed by atoms with Crippen LogP contribution in [0.2, 0.25) is 8.67 Å². The van der Waals surface area contributed by atoms with Crippen LogP contribution in [0.15, 0.2) is 24.3 Å². The summed E-state index contributed by atoms with van der Waals surface area (Å²) in [6.45, 7) is 1.87. The van der Waals surface area contributed by atoms with E-state index in [0.29, 0.717) is 25.6 Å². The zero-order valence-electron chi connectivity index (χ0n) is 9.46. The molecule has 0 fully saturated rings. The van der Waals surface area contributed by atoms with Crippen molar-refractivity contribution in [1.82, 2.24) is 0 Å². The van der Waals surface area contributed by atoms with Crippen LogP contribution in [0.5, 0.6) is 0 Å². The van der Waals surface area contributed by atoms with E-state index in [0.717, 1.165) is 16.9 Å². The smallest absolute Gasteiger partial charge is 0.258 e. The number of halogens is 2. The summed E-state index contributed by atoms with van der Waals surface area (Å²) in [5.41, 5.74) is 8.27. The highest BCUT2D eigenvalue weighted by molar-refractivity contribution is 7.20. The lowest BCUT2D eigenvalue weighted by Gasteiger charge is -2.08. The van der Waals surface area contributed by atoms with Crippen LogP contribution in [-0.2, 0) is 0 Å². The molecule has 0 saturated heterocycles. The summed E-state index contributed by atoms with van der Waals surface area (Å²) in [5.74, 6) is -0.281. The number of thiophene rings is 1. The Bertz CT molecular complexity index is 610. The first-order valence-electron chi connectivity index (χ1n) is 5.09. The van der Waals surface area contributed by atoms with E-state index in [1.807, 2.05) is 6.92 Å². The van der Waals surface area contributed by atoms with E-state index in [9.17, 15) is 4.79 Å². The summed E-state index contributed by atoms with van der Waals surface area (Å²) in [4.78, 5) is 12.0. The van der Waals surface area contributed by atoms with E-state index in [-0.39, 0.29) is 5.91 Å². The molecule has 0 atom stereocenters. The van der Waals surface area contributed by atoms with E-state index in [4.69, 9.17) is 28.9 Å². The normalized spacial score (nSPS) is 10.4. The number of nitrogens with two attached hydrogens (primary N) is 1. The first-order valence-corrected chi connectivity index (χ1v) is 6.67. The van der Waals surface area contributed by atoms with Gasteiger partial charge in [0, 0.05) is 11.4 Å². The molecule has 1 aromatic carbocycles. The molecule has 0 unspecified atom stereocenters. The van der Waals surface area contributed by atoms with Crippen molar-refractivity contribution < 1.29 is 4.79 Å². The highest BCUT2D eigenvalue weighted by atomic mass is 35.5. The second-order valence-corrected chi connectivity index (χ2v) is 6.05. The Hall–Kier alpha value is -1.23. The summed E-state index contributed by atoms with van der Waals surface area (Å²) in [7, 11) is 0. The molecular formula is C12H10Cl2N2OS. The largest absolute Gasteiger partial charge is 0.399 e. The number of carbonyl (C=O) groups is 1. The van der Waals surface area contributed by atoms with Gasteiger partial charge in [-0.3, -0.25) is 4.79 Å². The zero-order valence-corrected chi connectivity index (χ0v) is 11.8. The van der Waals surface area contributed by atoms with Gasteiger partial charge in [-0.1, -0.05) is 23.2 Å². The number of anilines is 2. The molecule has 3 N–H and O–H groups in total. The third-order valence-corrected chi connectivity index (χ3v) is 3.89. The van der Waals surface area contributed by atoms with E-state index in [1.54, 1.807) is 24.3 Å². The molecule has 0 aliphatic carbocycles. The number of hydrogen-bond donors (Lipinski definition) is 2. The van der Waals surface area contributed by atoms with Gasteiger partial charge in [0.1, 0.15) is 4.34 Å². The zero-order chi connectivity index (χ0) is 13.3. The van der Waals surface area contributed by atoms with Crippen LogP contribution in [-0.4, -0.2) is 5.91 Å². The highest BCUT2D eigenvalue weighted by Gasteiger charge is 2.15. The number of nitrogens with one attached hydrogen (secondary N) is 1. The number of aryl methyl sites for hydroxylation is 1. The fraction of sp³-hybridized carbons (Fsp3) is 0.0833. The van der Waals surface area contributed by atoms with Gasteiger partial charge in [0.05, 0.1) is 9.90 Å². The standard InChI is InChI=1S/C12H10Cl2N2OS/c1-6-4-7(15)2-3-9(6)16-12(17)8-5-10(13)18-11(8)14/h2-5H,15H2,1H3,(H,16,17). The molecule has 3 nitrogen and oxygen atoms in total. The Labute approximate surface area is 119 Å². The molecule has 0 saturated carbocycles. The molecule has 1 heterocycles. The van der Waals surface area contributed by atoms with Crippen molar-refractivity contribution in [3.63, 3.8) is 0 Å². The number of nitrogen functional groups attached to an aromatic ring is 1. The van der Waals surface area contributed by atoms with Gasteiger partial charge in [-0.15, -0.1) is 11.3 Å². The van der Waals surface area contributed by atoms with Crippen LogP contribution in [0.25, 0.3) is 0 Å². The maximum atomic E-state index is 12.0. The van der Waals surface area contributed by atoms with Crippen molar-refractivity contribution in [1.29, 1.82) is 0 Å². The minimum absolute atomic E-state index is 0.281. The number of amides is 1. The topological polar surface area (TPSA) is 55.1 Å². The molecule has 2 aromatic rings. The second kappa shape index (κ2) is 5.18. The number of hydrogen-bond acceptors (Lipinski definition) is 3. The van der Waals surface area contributed by atoms with E-state index in [1.165, 1.54) is 0 Å². The lowest BCUT2D eigenvalue weighted by molar-refractivity contribution is 0.102. The van der Waals surface area contributed by atoms with Crippen LogP contribution >= 0.6 is 34.5 Å².